The summed E-state index contributed by atoms with van der Waals surface area (Å²) in [6.45, 7) is 1.08. The standard InChI is InChI=1S/C21H43N9O5S/c22-9-3-1-6-13(24)17(31)30-16(12-36)19(33)28-14(8-5-11-27-21(25)26)18(32)29-15(20(34)35)7-2-4-10-23/h13-16,36H,1-12,22-24H2,(H,28,33)(H,29,32)(H,30,31)(H,34,35)(H4,25,26,27). The minimum atomic E-state index is -1.20. The smallest absolute Gasteiger partial charge is 0.326 e. The average Bonchev–Trinajstić information content (AvgIpc) is 2.83. The first-order valence-corrected chi connectivity index (χ1v) is 12.7. The van der Waals surface area contributed by atoms with E-state index in [-0.39, 0.29) is 31.1 Å². The van der Waals surface area contributed by atoms with Crippen LogP contribution in [0.1, 0.15) is 51.4 Å². The second-order valence-electron chi connectivity index (χ2n) is 8.33. The second kappa shape index (κ2) is 19.6. The number of aliphatic carboxylic acids is 1. The van der Waals surface area contributed by atoms with E-state index in [9.17, 15) is 24.3 Å². The number of carboxylic acids is 1. The number of amides is 3. The van der Waals surface area contributed by atoms with Gasteiger partial charge in [0.15, 0.2) is 5.96 Å². The van der Waals surface area contributed by atoms with Crippen LogP contribution in [0, 0.1) is 0 Å². The normalized spacial score (nSPS) is 14.1. The number of guanidine groups is 1. The number of nitrogens with zero attached hydrogens (tertiary/aromatic N) is 1. The van der Waals surface area contributed by atoms with Gasteiger partial charge in [0, 0.05) is 12.3 Å². The quantitative estimate of drug-likeness (QED) is 0.0330. The van der Waals surface area contributed by atoms with Crippen molar-refractivity contribution < 1.29 is 24.3 Å². The van der Waals surface area contributed by atoms with E-state index in [1.807, 2.05) is 0 Å². The Labute approximate surface area is 217 Å². The molecule has 36 heavy (non-hydrogen) atoms. The second-order valence-corrected chi connectivity index (χ2v) is 8.69. The van der Waals surface area contributed by atoms with Gasteiger partial charge >= 0.3 is 5.97 Å². The fourth-order valence-corrected chi connectivity index (χ4v) is 3.44. The molecule has 0 aromatic carbocycles. The summed E-state index contributed by atoms with van der Waals surface area (Å²) in [7, 11) is 0. The molecule has 0 aliphatic heterocycles. The molecule has 0 heterocycles. The third-order valence-corrected chi connectivity index (χ3v) is 5.63. The Balaban J connectivity index is 5.31. The minimum Gasteiger partial charge on any atom is -0.480 e. The van der Waals surface area contributed by atoms with Crippen molar-refractivity contribution in [2.24, 2.45) is 33.7 Å². The van der Waals surface area contributed by atoms with Gasteiger partial charge in [-0.3, -0.25) is 19.4 Å². The Kier molecular flexibility index (Phi) is 18.1. The van der Waals surface area contributed by atoms with Gasteiger partial charge in [0.05, 0.1) is 6.04 Å². The Bertz CT molecular complexity index is 722. The molecular formula is C21H43N9O5S. The molecule has 0 aromatic heterocycles. The molecule has 0 fully saturated rings. The van der Waals surface area contributed by atoms with Crippen LogP contribution in [0.25, 0.3) is 0 Å². The van der Waals surface area contributed by atoms with E-state index in [1.54, 1.807) is 0 Å². The summed E-state index contributed by atoms with van der Waals surface area (Å²) >= 11 is 4.13. The zero-order valence-corrected chi connectivity index (χ0v) is 21.6. The van der Waals surface area contributed by atoms with Gasteiger partial charge in [-0.15, -0.1) is 0 Å². The monoisotopic (exact) mass is 533 g/mol. The highest BCUT2D eigenvalue weighted by Gasteiger charge is 2.29. The molecule has 0 rings (SSSR count). The number of carbonyl (C=O) groups is 4. The first-order chi connectivity index (χ1) is 17.1. The topological polar surface area (TPSA) is 267 Å². The number of hydrogen-bond donors (Lipinski definition) is 10. The van der Waals surface area contributed by atoms with Crippen LogP contribution in [-0.2, 0) is 19.2 Å². The summed E-state index contributed by atoms with van der Waals surface area (Å²) in [6, 6.07) is -4.13. The maximum Gasteiger partial charge on any atom is 0.326 e. The van der Waals surface area contributed by atoms with Gasteiger partial charge in [0.1, 0.15) is 18.1 Å². The number of nitrogens with one attached hydrogen (secondary N) is 3. The van der Waals surface area contributed by atoms with Crippen LogP contribution >= 0.6 is 12.6 Å². The first kappa shape index (κ1) is 33.4. The minimum absolute atomic E-state index is 0.0493. The molecular weight excluding hydrogens is 490 g/mol. The summed E-state index contributed by atoms with van der Waals surface area (Å²) in [5, 5.41) is 17.0. The Hall–Kier alpha value is -2.62. The summed E-state index contributed by atoms with van der Waals surface area (Å²) in [5.41, 5.74) is 27.4. The van der Waals surface area contributed by atoms with E-state index in [1.165, 1.54) is 0 Å². The fourth-order valence-electron chi connectivity index (χ4n) is 3.18. The number of carboxylic acid groups (broad SMARTS) is 1. The molecule has 0 radical (unpaired) electrons. The molecule has 4 unspecified atom stereocenters. The van der Waals surface area contributed by atoms with Gasteiger partial charge in [-0.2, -0.15) is 12.6 Å². The zero-order valence-electron chi connectivity index (χ0n) is 20.7. The zero-order chi connectivity index (χ0) is 27.5. The highest BCUT2D eigenvalue weighted by atomic mass is 32.1. The molecule has 208 valence electrons. The number of aliphatic imine (C=N–C) groups is 1. The van der Waals surface area contributed by atoms with E-state index in [0.29, 0.717) is 45.2 Å². The number of thiol groups is 1. The van der Waals surface area contributed by atoms with Crippen molar-refractivity contribution in [2.45, 2.75) is 75.5 Å². The molecule has 14 nitrogen and oxygen atoms in total. The van der Waals surface area contributed by atoms with E-state index >= 15 is 0 Å². The van der Waals surface area contributed by atoms with Crippen LogP contribution in [0.5, 0.6) is 0 Å². The summed E-state index contributed by atoms with van der Waals surface area (Å²) in [4.78, 5) is 53.6. The van der Waals surface area contributed by atoms with Gasteiger partial charge in [-0.05, 0) is 58.0 Å². The lowest BCUT2D eigenvalue weighted by Gasteiger charge is -2.24. The SMILES string of the molecule is NCCCCC(N)C(=O)NC(CS)C(=O)NC(CCCN=C(N)N)C(=O)NC(CCCCN)C(=O)O. The average molecular weight is 534 g/mol. The molecule has 4 atom stereocenters. The van der Waals surface area contributed by atoms with Crippen LogP contribution in [0.3, 0.4) is 0 Å². The van der Waals surface area contributed by atoms with Crippen molar-refractivity contribution in [3.05, 3.63) is 0 Å². The lowest BCUT2D eigenvalue weighted by molar-refractivity contribution is -0.142. The van der Waals surface area contributed by atoms with Crippen LogP contribution in [0.4, 0.5) is 0 Å². The van der Waals surface area contributed by atoms with Crippen molar-refractivity contribution >= 4 is 42.3 Å². The predicted molar refractivity (Wildman–Crippen MR) is 141 cm³/mol. The summed E-state index contributed by atoms with van der Waals surface area (Å²) < 4.78 is 0. The van der Waals surface area contributed by atoms with Crippen molar-refractivity contribution in [3.63, 3.8) is 0 Å². The van der Waals surface area contributed by atoms with Gasteiger partial charge in [0.2, 0.25) is 17.7 Å². The highest BCUT2D eigenvalue weighted by Crippen LogP contribution is 2.06. The van der Waals surface area contributed by atoms with E-state index in [0.717, 1.165) is 6.42 Å². The molecule has 14 N–H and O–H groups in total. The molecule has 0 saturated heterocycles. The third kappa shape index (κ3) is 14.7. The number of rotatable bonds is 20. The molecule has 0 spiro atoms. The fraction of sp³-hybridized carbons (Fsp3) is 0.762. The van der Waals surface area contributed by atoms with E-state index in [2.05, 4.69) is 33.6 Å². The van der Waals surface area contributed by atoms with Crippen molar-refractivity contribution in [2.75, 3.05) is 25.4 Å². The Morgan fingerprint density at radius 2 is 1.25 bits per heavy atom. The molecule has 0 bridgehead atoms. The molecule has 0 aliphatic carbocycles. The van der Waals surface area contributed by atoms with Gasteiger partial charge in [-0.25, -0.2) is 4.79 Å². The van der Waals surface area contributed by atoms with E-state index < -0.39 is 47.9 Å². The van der Waals surface area contributed by atoms with Crippen LogP contribution < -0.4 is 44.6 Å². The molecule has 0 aromatic rings. The number of unbranched alkanes of at least 4 members (excludes halogenated alkanes) is 2. The number of hydrogen-bond acceptors (Lipinski definition) is 9. The first-order valence-electron chi connectivity index (χ1n) is 12.0. The Morgan fingerprint density at radius 3 is 1.78 bits per heavy atom. The molecule has 0 aliphatic rings. The van der Waals surface area contributed by atoms with Crippen molar-refractivity contribution in [1.82, 2.24) is 16.0 Å². The summed E-state index contributed by atoms with van der Waals surface area (Å²) in [6.07, 6.45) is 3.53. The van der Waals surface area contributed by atoms with E-state index in [4.69, 9.17) is 28.7 Å². The maximum atomic E-state index is 12.9. The van der Waals surface area contributed by atoms with Gasteiger partial charge in [0.25, 0.3) is 0 Å². The van der Waals surface area contributed by atoms with Crippen molar-refractivity contribution in [3.8, 4) is 0 Å². The maximum absolute atomic E-state index is 12.9. The molecule has 15 heteroatoms. The third-order valence-electron chi connectivity index (χ3n) is 5.26. The number of nitrogens with two attached hydrogens (primary N) is 5. The lowest BCUT2D eigenvalue weighted by atomic mass is 10.1. The predicted octanol–water partition coefficient (Wildman–Crippen LogP) is -2.91. The van der Waals surface area contributed by atoms with Crippen molar-refractivity contribution in [1.29, 1.82) is 0 Å². The van der Waals surface area contributed by atoms with Crippen LogP contribution in [-0.4, -0.2) is 84.3 Å². The highest BCUT2D eigenvalue weighted by molar-refractivity contribution is 7.80. The number of carbonyl (C=O) groups excluding carboxylic acids is 3. The van der Waals surface area contributed by atoms with Gasteiger partial charge in [-0.1, -0.05) is 6.42 Å². The van der Waals surface area contributed by atoms with Gasteiger partial charge < -0.3 is 49.7 Å². The summed E-state index contributed by atoms with van der Waals surface area (Å²) in [5.74, 6) is -3.24. The van der Waals surface area contributed by atoms with Crippen LogP contribution in [0.2, 0.25) is 0 Å². The lowest BCUT2D eigenvalue weighted by Crippen LogP contribution is -2.57. The molecule has 3 amide bonds. The molecule has 0 saturated carbocycles. The largest absolute Gasteiger partial charge is 0.480 e. The van der Waals surface area contributed by atoms with Crippen LogP contribution in [0.15, 0.2) is 4.99 Å². The Morgan fingerprint density at radius 1 is 0.750 bits per heavy atom.